The van der Waals surface area contributed by atoms with E-state index in [0.29, 0.717) is 0 Å². The Hall–Kier alpha value is -1.84. The molecule has 0 aliphatic rings. The van der Waals surface area contributed by atoms with Crippen molar-refractivity contribution in [2.45, 2.75) is 0 Å². The van der Waals surface area contributed by atoms with E-state index in [-0.39, 0.29) is 0 Å². The summed E-state index contributed by atoms with van der Waals surface area (Å²) in [6, 6.07) is 3.98. The highest BCUT2D eigenvalue weighted by atomic mass is 15.1. The molecule has 0 fully saturated rings. The molecule has 4 nitrogen and oxygen atoms in total. The summed E-state index contributed by atoms with van der Waals surface area (Å²) in [6.07, 6.45) is 3.48. The predicted molar refractivity (Wildman–Crippen MR) is 45.7 cm³/mol. The van der Waals surface area contributed by atoms with Gasteiger partial charge in [0.2, 0.25) is 0 Å². The summed E-state index contributed by atoms with van der Waals surface area (Å²) < 4.78 is 0. The maximum absolute atomic E-state index is 4.11. The number of hydrogen-bond donors (Lipinski definition) is 2. The van der Waals surface area contributed by atoms with Crippen LogP contribution in [0.2, 0.25) is 0 Å². The molecule has 0 atom stereocenters. The van der Waals surface area contributed by atoms with Crippen molar-refractivity contribution < 1.29 is 0 Å². The zero-order valence-corrected chi connectivity index (χ0v) is 6.20. The molecule has 1 aromatic carbocycles. The molecule has 2 N–H and O–H groups in total. The highest BCUT2D eigenvalue weighted by Gasteiger charge is 2.00. The van der Waals surface area contributed by atoms with Crippen molar-refractivity contribution in [2.75, 3.05) is 0 Å². The fourth-order valence-corrected chi connectivity index (χ4v) is 1.37. The minimum atomic E-state index is 0.929. The van der Waals surface area contributed by atoms with Crippen LogP contribution in [0.4, 0.5) is 0 Å². The van der Waals surface area contributed by atoms with E-state index >= 15 is 0 Å². The van der Waals surface area contributed by atoms with E-state index in [4.69, 9.17) is 0 Å². The number of imidazole rings is 1. The Morgan fingerprint density at radius 1 is 1.08 bits per heavy atom. The van der Waals surface area contributed by atoms with Crippen molar-refractivity contribution in [1.82, 2.24) is 20.2 Å². The van der Waals surface area contributed by atoms with Crippen LogP contribution in [0.5, 0.6) is 0 Å². The van der Waals surface area contributed by atoms with Gasteiger partial charge in [0.25, 0.3) is 0 Å². The predicted octanol–water partition coefficient (Wildman–Crippen LogP) is 1.44. The smallest absolute Gasteiger partial charge is 0.116 e. The van der Waals surface area contributed by atoms with Gasteiger partial charge in [-0.3, -0.25) is 0 Å². The second-order valence-electron chi connectivity index (χ2n) is 2.72. The third-order valence-corrected chi connectivity index (χ3v) is 1.97. The van der Waals surface area contributed by atoms with Crippen LogP contribution < -0.4 is 0 Å². The lowest BCUT2D eigenvalue weighted by molar-refractivity contribution is 1.12. The standard InChI is InChI=1S/C8H6N4/c1-5-3-11-12-6(5)2-8-7(1)9-4-10-8/h1-4,11-12H. The molecule has 58 valence electrons. The number of nitrogens with zero attached hydrogens (tertiary/aromatic N) is 2. The second kappa shape index (κ2) is 1.85. The molecule has 2 heterocycles. The number of aromatic nitrogens is 4. The Labute approximate surface area is 67.6 Å². The number of aromatic amines is 2. The van der Waals surface area contributed by atoms with Gasteiger partial charge < -0.3 is 10.2 Å². The molecule has 2 aromatic heterocycles. The normalized spacial score (nSPS) is 11.3. The van der Waals surface area contributed by atoms with Gasteiger partial charge in [-0.15, -0.1) is 0 Å². The molecule has 0 spiro atoms. The lowest BCUT2D eigenvalue weighted by Crippen LogP contribution is -1.70. The minimum absolute atomic E-state index is 0.929. The van der Waals surface area contributed by atoms with Crippen molar-refractivity contribution in [3.05, 3.63) is 24.7 Å². The van der Waals surface area contributed by atoms with Gasteiger partial charge in [0, 0.05) is 11.6 Å². The van der Waals surface area contributed by atoms with E-state index in [9.17, 15) is 0 Å². The van der Waals surface area contributed by atoms with Gasteiger partial charge in [-0.05, 0) is 12.1 Å². The Bertz CT molecular complexity index is 443. The van der Waals surface area contributed by atoms with E-state index in [0.717, 1.165) is 21.9 Å². The van der Waals surface area contributed by atoms with Gasteiger partial charge in [-0.25, -0.2) is 9.97 Å². The van der Waals surface area contributed by atoms with Crippen molar-refractivity contribution in [2.24, 2.45) is 0 Å². The molecule has 3 aromatic rings. The molecule has 0 saturated heterocycles. The highest BCUT2D eigenvalue weighted by molar-refractivity contribution is 5.92. The zero-order valence-electron chi connectivity index (χ0n) is 6.20. The van der Waals surface area contributed by atoms with Crippen LogP contribution in [0.1, 0.15) is 0 Å². The third kappa shape index (κ3) is 0.611. The zero-order chi connectivity index (χ0) is 7.97. The number of nitrogens with one attached hydrogen (secondary N) is 2. The molecule has 0 aliphatic carbocycles. The number of benzene rings is 1. The molecular formula is C8H6N4. The monoisotopic (exact) mass is 158 g/mol. The Morgan fingerprint density at radius 2 is 1.92 bits per heavy atom. The Morgan fingerprint density at radius 3 is 2.83 bits per heavy atom. The number of rotatable bonds is 0. The lowest BCUT2D eigenvalue weighted by atomic mass is 10.2. The van der Waals surface area contributed by atoms with Crippen LogP contribution in [-0.2, 0) is 0 Å². The van der Waals surface area contributed by atoms with Gasteiger partial charge in [-0.2, -0.15) is 0 Å². The van der Waals surface area contributed by atoms with Crippen LogP contribution in [0.3, 0.4) is 0 Å². The Kier molecular flexibility index (Phi) is 0.889. The first kappa shape index (κ1) is 5.77. The first-order valence-electron chi connectivity index (χ1n) is 3.70. The van der Waals surface area contributed by atoms with Crippen LogP contribution >= 0.6 is 0 Å². The summed E-state index contributed by atoms with van der Waals surface area (Å²) in [5.41, 5.74) is 2.93. The molecular weight excluding hydrogens is 152 g/mol. The maximum atomic E-state index is 4.11. The van der Waals surface area contributed by atoms with Gasteiger partial charge in [0.1, 0.15) is 6.33 Å². The molecule has 0 amide bonds. The minimum Gasteiger partial charge on any atom is -0.307 e. The van der Waals surface area contributed by atoms with E-state index < -0.39 is 0 Å². The second-order valence-corrected chi connectivity index (χ2v) is 2.72. The van der Waals surface area contributed by atoms with E-state index in [1.54, 1.807) is 6.33 Å². The van der Waals surface area contributed by atoms with Gasteiger partial charge in [0.15, 0.2) is 0 Å². The first-order chi connectivity index (χ1) is 5.93. The topological polar surface area (TPSA) is 57.4 Å². The molecule has 0 radical (unpaired) electrons. The van der Waals surface area contributed by atoms with E-state index in [1.807, 2.05) is 18.3 Å². The van der Waals surface area contributed by atoms with Crippen molar-refractivity contribution >= 4 is 21.9 Å². The first-order valence-corrected chi connectivity index (χ1v) is 3.70. The summed E-state index contributed by atoms with van der Waals surface area (Å²) in [5, 5.41) is 7.06. The lowest BCUT2D eigenvalue weighted by Gasteiger charge is -1.87. The molecule has 0 unspecified atom stereocenters. The van der Waals surface area contributed by atoms with E-state index in [2.05, 4.69) is 20.2 Å². The number of H-pyrrole nitrogens is 2. The number of fused-ring (bicyclic) bond motifs is 2. The maximum Gasteiger partial charge on any atom is 0.116 e. The largest absolute Gasteiger partial charge is 0.307 e. The van der Waals surface area contributed by atoms with Crippen LogP contribution in [0.25, 0.3) is 21.9 Å². The summed E-state index contributed by atoms with van der Waals surface area (Å²) in [6.45, 7) is 0. The van der Waals surface area contributed by atoms with E-state index in [1.165, 1.54) is 0 Å². The van der Waals surface area contributed by atoms with Gasteiger partial charge >= 0.3 is 0 Å². The van der Waals surface area contributed by atoms with Crippen molar-refractivity contribution in [3.63, 3.8) is 0 Å². The van der Waals surface area contributed by atoms with Gasteiger partial charge in [0.05, 0.1) is 16.6 Å². The quantitative estimate of drug-likeness (QED) is 0.520. The van der Waals surface area contributed by atoms with Crippen LogP contribution in [0, 0.1) is 0 Å². The summed E-state index contributed by atoms with van der Waals surface area (Å²) in [7, 11) is 0. The van der Waals surface area contributed by atoms with Crippen molar-refractivity contribution in [3.8, 4) is 0 Å². The average molecular weight is 158 g/mol. The SMILES string of the molecule is c1nc2cc3c[nH][nH]c3cc2n1. The average Bonchev–Trinajstić information content (AvgIpc) is 2.64. The molecule has 4 heteroatoms. The fraction of sp³-hybridized carbons (Fsp3) is 0. The van der Waals surface area contributed by atoms with Crippen molar-refractivity contribution in [1.29, 1.82) is 0 Å². The molecule has 0 saturated carbocycles. The summed E-state index contributed by atoms with van der Waals surface area (Å²) in [5.74, 6) is 0. The third-order valence-electron chi connectivity index (χ3n) is 1.97. The van der Waals surface area contributed by atoms with Crippen LogP contribution in [0.15, 0.2) is 24.7 Å². The Balaban J connectivity index is 2.62. The molecule has 0 bridgehead atoms. The molecule has 3 rings (SSSR count). The number of hydrogen-bond acceptors (Lipinski definition) is 2. The summed E-state index contributed by atoms with van der Waals surface area (Å²) in [4.78, 5) is 8.21. The molecule has 12 heavy (non-hydrogen) atoms. The highest BCUT2D eigenvalue weighted by Crippen LogP contribution is 2.17. The fourth-order valence-electron chi connectivity index (χ4n) is 1.37. The molecule has 0 aliphatic heterocycles. The summed E-state index contributed by atoms with van der Waals surface area (Å²) >= 11 is 0. The van der Waals surface area contributed by atoms with Crippen LogP contribution in [-0.4, -0.2) is 20.2 Å². The van der Waals surface area contributed by atoms with Gasteiger partial charge in [-0.1, -0.05) is 0 Å².